The van der Waals surface area contributed by atoms with Gasteiger partial charge in [-0.1, -0.05) is 6.07 Å². The van der Waals surface area contributed by atoms with Crippen molar-refractivity contribution in [1.29, 1.82) is 5.26 Å². The highest BCUT2D eigenvalue weighted by Crippen LogP contribution is 2.24. The normalized spacial score (nSPS) is 10.8. The number of anilines is 1. The number of amides is 1. The van der Waals surface area contributed by atoms with E-state index in [0.29, 0.717) is 22.0 Å². The van der Waals surface area contributed by atoms with Crippen LogP contribution in [-0.2, 0) is 20.7 Å². The number of nitriles is 1. The maximum atomic E-state index is 13.2. The molecule has 35 heavy (non-hydrogen) atoms. The monoisotopic (exact) mass is 490 g/mol. The fraction of sp³-hybridized carbons (Fsp3) is 0.231. The molecule has 9 heteroatoms. The number of benzene rings is 2. The molecule has 0 saturated carbocycles. The number of hydrogen-bond acceptors (Lipinski definition) is 6. The van der Waals surface area contributed by atoms with Gasteiger partial charge in [0, 0.05) is 35.1 Å². The number of hydrogen-bond donors (Lipinski definition) is 0. The minimum absolute atomic E-state index is 0.0335. The van der Waals surface area contributed by atoms with Crippen LogP contribution >= 0.6 is 11.3 Å². The van der Waals surface area contributed by atoms with Crippen LogP contribution in [0, 0.1) is 31.0 Å². The number of fused-ring (bicyclic) bond motifs is 1. The van der Waals surface area contributed by atoms with Gasteiger partial charge in [0.15, 0.2) is 11.6 Å². The lowest BCUT2D eigenvalue weighted by atomic mass is 10.1. The van der Waals surface area contributed by atoms with Crippen LogP contribution in [0.4, 0.5) is 10.1 Å². The smallest absolute Gasteiger partial charge is 0.312 e. The number of ether oxygens (including phenoxy) is 1. The topological polar surface area (TPSA) is 87.7 Å². The Morgan fingerprint density at radius 3 is 2.57 bits per heavy atom. The van der Waals surface area contributed by atoms with Crippen LogP contribution in [-0.4, -0.2) is 34.4 Å². The third-order valence-corrected chi connectivity index (χ3v) is 6.26. The average molecular weight is 491 g/mol. The van der Waals surface area contributed by atoms with Gasteiger partial charge in [-0.15, -0.1) is 11.3 Å². The number of nitrogens with zero attached hydrogens (tertiary/aromatic N) is 4. The van der Waals surface area contributed by atoms with Gasteiger partial charge in [-0.3, -0.25) is 14.0 Å². The van der Waals surface area contributed by atoms with Crippen molar-refractivity contribution in [1.82, 2.24) is 9.38 Å². The van der Waals surface area contributed by atoms with Crippen LogP contribution in [0.15, 0.2) is 54.0 Å². The Balaban J connectivity index is 1.42. The summed E-state index contributed by atoms with van der Waals surface area (Å²) in [6, 6.07) is 13.8. The number of rotatable bonds is 8. The third-order valence-electron chi connectivity index (χ3n) is 5.37. The first-order valence-corrected chi connectivity index (χ1v) is 11.8. The molecule has 2 aromatic carbocycles. The number of carbonyl (C=O) groups excluding carboxylic acids is 2. The second-order valence-corrected chi connectivity index (χ2v) is 8.99. The Labute approximate surface area is 206 Å². The van der Waals surface area contributed by atoms with E-state index in [1.54, 1.807) is 22.7 Å². The first-order valence-electron chi connectivity index (χ1n) is 11.0. The second kappa shape index (κ2) is 10.5. The van der Waals surface area contributed by atoms with E-state index in [1.165, 1.54) is 28.4 Å². The molecular formula is C26H23FN4O3S. The summed E-state index contributed by atoms with van der Waals surface area (Å²) in [6.45, 7) is 3.66. The number of carbonyl (C=O) groups is 2. The molecule has 0 saturated heterocycles. The molecule has 0 aliphatic heterocycles. The number of aryl methyl sites for hydroxylation is 2. The van der Waals surface area contributed by atoms with Gasteiger partial charge < -0.3 is 9.64 Å². The standard InChI is InChI=1S/C26H23FN4O3S/c1-17-10-18(2)12-21(11-17)30(9-3-8-28)24(32)15-34-25(33)13-22-16-35-26-29-23(14-31(22)26)19-4-6-20(27)7-5-19/h4-7,10-12,14,16H,3,9,13,15H2,1-2H3. The molecule has 2 heterocycles. The molecular weight excluding hydrogens is 467 g/mol. The minimum atomic E-state index is -0.546. The summed E-state index contributed by atoms with van der Waals surface area (Å²) in [7, 11) is 0. The SMILES string of the molecule is Cc1cc(C)cc(N(CCC#N)C(=O)COC(=O)Cc2csc3nc(-c4ccc(F)cc4)cn23)c1. The van der Waals surface area contributed by atoms with Gasteiger partial charge in [-0.05, 0) is 61.4 Å². The largest absolute Gasteiger partial charge is 0.455 e. The molecule has 0 spiro atoms. The lowest BCUT2D eigenvalue weighted by molar-refractivity contribution is -0.147. The van der Waals surface area contributed by atoms with E-state index >= 15 is 0 Å². The lowest BCUT2D eigenvalue weighted by Gasteiger charge is -2.22. The molecule has 0 unspecified atom stereocenters. The van der Waals surface area contributed by atoms with Crippen molar-refractivity contribution in [3.8, 4) is 17.3 Å². The first-order chi connectivity index (χ1) is 16.8. The van der Waals surface area contributed by atoms with Crippen LogP contribution in [0.5, 0.6) is 0 Å². The first kappa shape index (κ1) is 24.1. The number of thiazole rings is 1. The molecule has 178 valence electrons. The summed E-state index contributed by atoms with van der Waals surface area (Å²) in [5, 5.41) is 10.8. The number of esters is 1. The fourth-order valence-corrected chi connectivity index (χ4v) is 4.67. The highest BCUT2D eigenvalue weighted by molar-refractivity contribution is 7.15. The summed E-state index contributed by atoms with van der Waals surface area (Å²) < 4.78 is 20.3. The van der Waals surface area contributed by atoms with Gasteiger partial charge in [0.05, 0.1) is 24.6 Å². The van der Waals surface area contributed by atoms with Crippen molar-refractivity contribution in [2.24, 2.45) is 0 Å². The summed E-state index contributed by atoms with van der Waals surface area (Å²) in [5.41, 5.74) is 4.78. The van der Waals surface area contributed by atoms with E-state index in [9.17, 15) is 14.0 Å². The summed E-state index contributed by atoms with van der Waals surface area (Å²) in [6.07, 6.45) is 1.92. The predicted octanol–water partition coefficient (Wildman–Crippen LogP) is 4.85. The van der Waals surface area contributed by atoms with E-state index in [1.807, 2.05) is 37.4 Å². The van der Waals surface area contributed by atoms with Crippen molar-refractivity contribution in [3.63, 3.8) is 0 Å². The average Bonchev–Trinajstić information content (AvgIpc) is 3.40. The second-order valence-electron chi connectivity index (χ2n) is 8.15. The van der Waals surface area contributed by atoms with Gasteiger partial charge in [0.1, 0.15) is 5.82 Å². The zero-order valence-corrected chi connectivity index (χ0v) is 20.1. The van der Waals surface area contributed by atoms with E-state index in [4.69, 9.17) is 10.00 Å². The third kappa shape index (κ3) is 5.73. The van der Waals surface area contributed by atoms with Gasteiger partial charge in [-0.25, -0.2) is 9.37 Å². The molecule has 0 bridgehead atoms. The number of imidazole rings is 1. The molecule has 0 atom stereocenters. The molecule has 4 aromatic rings. The maximum absolute atomic E-state index is 13.2. The Hall–Kier alpha value is -4.03. The van der Waals surface area contributed by atoms with E-state index in [0.717, 1.165) is 16.7 Å². The van der Waals surface area contributed by atoms with Crippen molar-refractivity contribution >= 4 is 33.9 Å². The molecule has 7 nitrogen and oxygen atoms in total. The quantitative estimate of drug-likeness (QED) is 0.330. The molecule has 0 radical (unpaired) electrons. The zero-order chi connectivity index (χ0) is 24.9. The lowest BCUT2D eigenvalue weighted by Crippen LogP contribution is -2.35. The molecule has 0 aliphatic carbocycles. The zero-order valence-electron chi connectivity index (χ0n) is 19.3. The molecule has 0 fully saturated rings. The molecule has 4 rings (SSSR count). The number of aromatic nitrogens is 2. The van der Waals surface area contributed by atoms with E-state index < -0.39 is 18.5 Å². The van der Waals surface area contributed by atoms with Crippen LogP contribution in [0.3, 0.4) is 0 Å². The highest BCUT2D eigenvalue weighted by atomic mass is 32.1. The minimum Gasteiger partial charge on any atom is -0.455 e. The van der Waals surface area contributed by atoms with Crippen molar-refractivity contribution in [2.45, 2.75) is 26.7 Å². The van der Waals surface area contributed by atoms with Gasteiger partial charge in [0.2, 0.25) is 0 Å². The van der Waals surface area contributed by atoms with Crippen LogP contribution in [0.1, 0.15) is 23.2 Å². The van der Waals surface area contributed by atoms with E-state index in [2.05, 4.69) is 11.1 Å². The molecule has 0 N–H and O–H groups in total. The van der Waals surface area contributed by atoms with Crippen LogP contribution in [0.25, 0.3) is 16.2 Å². The predicted molar refractivity (Wildman–Crippen MR) is 132 cm³/mol. The Morgan fingerprint density at radius 2 is 1.89 bits per heavy atom. The van der Waals surface area contributed by atoms with Gasteiger partial charge >= 0.3 is 5.97 Å². The summed E-state index contributed by atoms with van der Waals surface area (Å²) in [4.78, 5) is 32.1. The van der Waals surface area contributed by atoms with Crippen molar-refractivity contribution in [3.05, 3.63) is 76.7 Å². The maximum Gasteiger partial charge on any atom is 0.312 e. The highest BCUT2D eigenvalue weighted by Gasteiger charge is 2.19. The summed E-state index contributed by atoms with van der Waals surface area (Å²) in [5.74, 6) is -1.26. The Bertz CT molecular complexity index is 1400. The Kier molecular flexibility index (Phi) is 7.22. The van der Waals surface area contributed by atoms with Crippen molar-refractivity contribution < 1.29 is 18.7 Å². The summed E-state index contributed by atoms with van der Waals surface area (Å²) >= 11 is 1.38. The van der Waals surface area contributed by atoms with Crippen LogP contribution in [0.2, 0.25) is 0 Å². The van der Waals surface area contributed by atoms with E-state index in [-0.39, 0.29) is 25.2 Å². The van der Waals surface area contributed by atoms with Crippen molar-refractivity contribution in [2.75, 3.05) is 18.1 Å². The molecule has 2 aromatic heterocycles. The molecule has 1 amide bonds. The molecule has 0 aliphatic rings. The Morgan fingerprint density at radius 1 is 1.17 bits per heavy atom. The van der Waals surface area contributed by atoms with Crippen LogP contribution < -0.4 is 4.90 Å². The van der Waals surface area contributed by atoms with Gasteiger partial charge in [-0.2, -0.15) is 5.26 Å². The number of halogens is 1. The van der Waals surface area contributed by atoms with Gasteiger partial charge in [0.25, 0.3) is 5.91 Å². The fourth-order valence-electron chi connectivity index (χ4n) is 3.80.